The molecular formula is C38H39F3N2O3. The molecular weight excluding hydrogens is 589 g/mol. The number of likely N-dealkylation sites (tertiary alicyclic amines) is 1. The van der Waals surface area contributed by atoms with Gasteiger partial charge in [0.1, 0.15) is 11.9 Å². The maximum absolute atomic E-state index is 13.9. The van der Waals surface area contributed by atoms with Crippen LogP contribution in [-0.2, 0) is 29.2 Å². The lowest BCUT2D eigenvalue weighted by molar-refractivity contribution is -0.200. The molecule has 0 unspecified atom stereocenters. The summed E-state index contributed by atoms with van der Waals surface area (Å²) in [6.45, 7) is 6.23. The number of nitrogens with zero attached hydrogens (tertiary/aromatic N) is 2. The van der Waals surface area contributed by atoms with Gasteiger partial charge in [-0.15, -0.1) is 0 Å². The summed E-state index contributed by atoms with van der Waals surface area (Å²) in [6.07, 6.45) is -1.39. The second-order valence-electron chi connectivity index (χ2n) is 13.7. The van der Waals surface area contributed by atoms with Crippen LogP contribution < -0.4 is 4.74 Å². The zero-order valence-electron chi connectivity index (χ0n) is 26.2. The first-order valence-electron chi connectivity index (χ1n) is 16.3. The summed E-state index contributed by atoms with van der Waals surface area (Å²) in [6, 6.07) is 20.8. The molecule has 0 aromatic heterocycles. The number of carbonyl (C=O) groups is 1. The van der Waals surface area contributed by atoms with Crippen LogP contribution in [0.5, 0.6) is 5.75 Å². The minimum absolute atomic E-state index is 0.0634. The van der Waals surface area contributed by atoms with E-state index >= 15 is 0 Å². The third-order valence-corrected chi connectivity index (χ3v) is 10.7. The van der Waals surface area contributed by atoms with Gasteiger partial charge in [0.2, 0.25) is 0 Å². The largest absolute Gasteiger partial charge is 0.487 e. The fourth-order valence-electron chi connectivity index (χ4n) is 8.78. The van der Waals surface area contributed by atoms with Crippen LogP contribution in [0.2, 0.25) is 0 Å². The van der Waals surface area contributed by atoms with E-state index < -0.39 is 28.9 Å². The number of halogens is 3. The number of aliphatic hydroxyl groups is 1. The van der Waals surface area contributed by atoms with Crippen LogP contribution in [0.1, 0.15) is 60.9 Å². The Morgan fingerprint density at radius 2 is 1.83 bits per heavy atom. The topological polar surface area (TPSA) is 53.0 Å². The van der Waals surface area contributed by atoms with E-state index in [-0.39, 0.29) is 23.9 Å². The molecule has 240 valence electrons. The highest BCUT2D eigenvalue weighted by Gasteiger charge is 2.73. The molecule has 2 heterocycles. The average Bonchev–Trinajstić information content (AvgIpc) is 3.37. The molecule has 2 aliphatic heterocycles. The number of carbonyl (C=O) groups excluding carboxylic acids is 1. The summed E-state index contributed by atoms with van der Waals surface area (Å²) in [5.74, 6) is 6.10. The maximum Gasteiger partial charge on any atom is 0.416 e. The molecule has 4 aliphatic rings. The van der Waals surface area contributed by atoms with Crippen LogP contribution in [-0.4, -0.2) is 64.2 Å². The summed E-state index contributed by atoms with van der Waals surface area (Å²) in [4.78, 5) is 18.1. The molecule has 46 heavy (non-hydrogen) atoms. The van der Waals surface area contributed by atoms with Gasteiger partial charge in [0.15, 0.2) is 0 Å². The second kappa shape index (κ2) is 11.5. The smallest absolute Gasteiger partial charge is 0.416 e. The van der Waals surface area contributed by atoms with Gasteiger partial charge in [-0.25, -0.2) is 0 Å². The van der Waals surface area contributed by atoms with Gasteiger partial charge >= 0.3 is 6.18 Å². The van der Waals surface area contributed by atoms with E-state index in [1.165, 1.54) is 23.3 Å². The fourth-order valence-corrected chi connectivity index (χ4v) is 8.78. The molecule has 2 bridgehead atoms. The zero-order valence-corrected chi connectivity index (χ0v) is 26.2. The number of hydrogen-bond acceptors (Lipinski definition) is 4. The minimum atomic E-state index is -4.44. The zero-order chi connectivity index (χ0) is 32.3. The van der Waals surface area contributed by atoms with E-state index in [4.69, 9.17) is 4.74 Å². The monoisotopic (exact) mass is 628 g/mol. The van der Waals surface area contributed by atoms with Crippen LogP contribution in [0.3, 0.4) is 0 Å². The predicted molar refractivity (Wildman–Crippen MR) is 169 cm³/mol. The van der Waals surface area contributed by atoms with Crippen LogP contribution >= 0.6 is 0 Å². The van der Waals surface area contributed by atoms with Gasteiger partial charge < -0.3 is 14.7 Å². The molecule has 2 fully saturated rings. The van der Waals surface area contributed by atoms with Crippen molar-refractivity contribution >= 4 is 5.91 Å². The third-order valence-electron chi connectivity index (χ3n) is 10.7. The lowest BCUT2D eigenvalue weighted by Crippen LogP contribution is -2.78. The highest BCUT2D eigenvalue weighted by Crippen LogP contribution is 2.64. The first-order valence-corrected chi connectivity index (χ1v) is 16.3. The highest BCUT2D eigenvalue weighted by atomic mass is 19.4. The number of piperidine rings is 1. The van der Waals surface area contributed by atoms with Crippen LogP contribution in [0, 0.1) is 17.8 Å². The number of ether oxygens (including phenoxy) is 1. The van der Waals surface area contributed by atoms with Crippen molar-refractivity contribution < 1.29 is 27.8 Å². The van der Waals surface area contributed by atoms with E-state index in [1.807, 2.05) is 32.0 Å². The predicted octanol–water partition coefficient (Wildman–Crippen LogP) is 6.01. The molecule has 3 aromatic carbocycles. The number of rotatable bonds is 6. The Bertz CT molecular complexity index is 1680. The summed E-state index contributed by atoms with van der Waals surface area (Å²) < 4.78 is 46.0. The number of alkyl halides is 3. The highest BCUT2D eigenvalue weighted by molar-refractivity contribution is 5.94. The molecule has 5 atom stereocenters. The number of hydrogen-bond donors (Lipinski definition) is 1. The molecule has 1 amide bonds. The Morgan fingerprint density at radius 3 is 2.54 bits per heavy atom. The van der Waals surface area contributed by atoms with Crippen molar-refractivity contribution in [1.82, 2.24) is 9.80 Å². The Labute approximate surface area is 268 Å². The second-order valence-corrected chi connectivity index (χ2v) is 13.7. The van der Waals surface area contributed by atoms with Crippen molar-refractivity contribution in [2.75, 3.05) is 19.6 Å². The van der Waals surface area contributed by atoms with Gasteiger partial charge in [0, 0.05) is 36.2 Å². The Balaban J connectivity index is 1.20. The van der Waals surface area contributed by atoms with Crippen molar-refractivity contribution in [3.05, 3.63) is 101 Å². The van der Waals surface area contributed by atoms with Gasteiger partial charge in [0.05, 0.1) is 22.6 Å². The molecule has 7 rings (SSSR count). The van der Waals surface area contributed by atoms with E-state index in [0.717, 1.165) is 55.8 Å². The van der Waals surface area contributed by atoms with Gasteiger partial charge in [-0.2, -0.15) is 13.2 Å². The molecule has 1 saturated carbocycles. The van der Waals surface area contributed by atoms with Gasteiger partial charge in [0.25, 0.3) is 5.91 Å². The van der Waals surface area contributed by atoms with Crippen molar-refractivity contribution in [3.8, 4) is 17.6 Å². The van der Waals surface area contributed by atoms with Crippen LogP contribution in [0.15, 0.2) is 72.8 Å². The fraction of sp³-hybridized carbons (Fsp3) is 0.447. The summed E-state index contributed by atoms with van der Waals surface area (Å²) in [5, 5.41) is 12.9. The Morgan fingerprint density at radius 1 is 1.07 bits per heavy atom. The standard InChI is InChI=1S/C38H39F3N2O3/c1-25(2)24-43(33(44)16-13-27-11-14-29(15-12-27)38(39,40)41)30-17-19-37(45)32-23-28-9-6-10-31-34(28)36(37,35(30)46-31)20-22-42(32)21-18-26-7-4-3-5-8-26/h3-12,14-15,25,30,32,35,45H,17-24H2,1-2H3/t30-,32+,35-,36-,37+/m0/s1. The van der Waals surface area contributed by atoms with Crippen molar-refractivity contribution in [1.29, 1.82) is 0 Å². The number of benzene rings is 3. The summed E-state index contributed by atoms with van der Waals surface area (Å²) in [7, 11) is 0. The van der Waals surface area contributed by atoms with Crippen LogP contribution in [0.25, 0.3) is 0 Å². The van der Waals surface area contributed by atoms with E-state index in [9.17, 15) is 23.1 Å². The minimum Gasteiger partial charge on any atom is -0.487 e. The van der Waals surface area contributed by atoms with Crippen molar-refractivity contribution in [2.24, 2.45) is 5.92 Å². The molecule has 5 nitrogen and oxygen atoms in total. The maximum atomic E-state index is 13.9. The first kappa shape index (κ1) is 30.8. The van der Waals surface area contributed by atoms with Gasteiger partial charge in [-0.05, 0) is 86.0 Å². The Hall–Kier alpha value is -3.80. The number of amides is 1. The molecule has 8 heteroatoms. The SMILES string of the molecule is CC(C)CN(C(=O)C#Cc1ccc(C(F)(F)F)cc1)[C@H]1CC[C@@]2(O)[C@H]3Cc4cccc5c4[C@@]2(CCN3CCc2ccccc2)[C@H]1O5. The normalized spacial score (nSPS) is 27.8. The molecule has 1 N–H and O–H groups in total. The van der Waals surface area contributed by atoms with Crippen molar-refractivity contribution in [2.45, 2.75) is 81.3 Å². The third kappa shape index (κ3) is 5.00. The molecule has 3 aromatic rings. The molecule has 1 spiro atoms. The lowest BCUT2D eigenvalue weighted by atomic mass is 9.48. The van der Waals surface area contributed by atoms with Gasteiger partial charge in [-0.1, -0.05) is 62.2 Å². The average molecular weight is 629 g/mol. The Kier molecular flexibility index (Phi) is 7.69. The summed E-state index contributed by atoms with van der Waals surface area (Å²) in [5.41, 5.74) is 1.52. The molecule has 2 aliphatic carbocycles. The van der Waals surface area contributed by atoms with Gasteiger partial charge in [-0.3, -0.25) is 9.69 Å². The molecule has 0 radical (unpaired) electrons. The van der Waals surface area contributed by atoms with E-state index in [2.05, 4.69) is 47.1 Å². The van der Waals surface area contributed by atoms with Crippen molar-refractivity contribution in [3.63, 3.8) is 0 Å². The summed E-state index contributed by atoms with van der Waals surface area (Å²) >= 11 is 0. The quantitative estimate of drug-likeness (QED) is 0.340. The lowest BCUT2D eigenvalue weighted by Gasteiger charge is -2.64. The first-order chi connectivity index (χ1) is 22.0. The van der Waals surface area contributed by atoms with E-state index in [0.29, 0.717) is 24.9 Å². The van der Waals surface area contributed by atoms with Crippen LogP contribution in [0.4, 0.5) is 13.2 Å². The van der Waals surface area contributed by atoms with E-state index in [1.54, 1.807) is 4.90 Å². The molecule has 1 saturated heterocycles.